The number of thioether (sulfide) groups is 1. The van der Waals surface area contributed by atoms with Gasteiger partial charge in [-0.15, -0.1) is 11.8 Å². The first-order valence-corrected chi connectivity index (χ1v) is 29.2. The Labute approximate surface area is 476 Å². The van der Waals surface area contributed by atoms with Gasteiger partial charge in [0.2, 0.25) is 29.5 Å². The molecule has 9 rings (SSSR count). The second-order valence-electron chi connectivity index (χ2n) is 22.8. The predicted octanol–water partition coefficient (Wildman–Crippen LogP) is 7.22. The number of H-pyrrole nitrogens is 1. The fourth-order valence-electron chi connectivity index (χ4n) is 12.2. The minimum absolute atomic E-state index is 0.101. The van der Waals surface area contributed by atoms with Crippen molar-refractivity contribution in [3.63, 3.8) is 0 Å². The summed E-state index contributed by atoms with van der Waals surface area (Å²) in [4.78, 5) is 125. The average molecular weight is 1120 g/mol. The minimum atomic E-state index is -1.07. The minimum Gasteiger partial charge on any atom is -0.355 e. The predicted molar refractivity (Wildman–Crippen MR) is 311 cm³/mol. The van der Waals surface area contributed by atoms with E-state index in [9.17, 15) is 43.2 Å². The number of aromatic nitrogens is 1. The number of carbonyl (C=O) groups is 9. The second kappa shape index (κ2) is 25.1. The lowest BCUT2D eigenvalue weighted by Crippen LogP contribution is -2.52. The Morgan fingerprint density at radius 2 is 1.58 bits per heavy atom. The van der Waals surface area contributed by atoms with Gasteiger partial charge in [0.25, 0.3) is 11.8 Å². The zero-order valence-electron chi connectivity index (χ0n) is 46.4. The number of aromatic amines is 1. The molecule has 5 atom stereocenters. The van der Waals surface area contributed by atoms with Crippen molar-refractivity contribution >= 4 is 87.2 Å². The van der Waals surface area contributed by atoms with Gasteiger partial charge in [0, 0.05) is 101 Å². The summed E-state index contributed by atoms with van der Waals surface area (Å²) in [5.74, 6) is -1.74. The first kappa shape index (κ1) is 58.1. The van der Waals surface area contributed by atoms with Gasteiger partial charge in [0.15, 0.2) is 5.78 Å². The van der Waals surface area contributed by atoms with Crippen LogP contribution in [0, 0.1) is 11.8 Å². The Balaban J connectivity index is 0.729. The molecule has 2 unspecified atom stereocenters. The molecule has 2 saturated carbocycles. The molecule has 2 aliphatic heterocycles. The molecule has 20 heteroatoms. The number of allylic oxidation sites excluding steroid dienone is 2. The van der Waals surface area contributed by atoms with Crippen molar-refractivity contribution in [2.75, 3.05) is 43.4 Å². The van der Waals surface area contributed by atoms with Crippen LogP contribution in [-0.4, -0.2) is 123 Å². The van der Waals surface area contributed by atoms with E-state index >= 15 is 0 Å². The van der Waals surface area contributed by atoms with Crippen LogP contribution in [0.4, 0.5) is 16.2 Å². The second-order valence-corrected chi connectivity index (χ2v) is 24.6. The van der Waals surface area contributed by atoms with E-state index in [4.69, 9.17) is 5.73 Å². The number of nitrogens with zero attached hydrogens (tertiary/aromatic N) is 2. The number of ketones is 1. The number of hydrogen-bond donors (Lipinski definition) is 8. The van der Waals surface area contributed by atoms with E-state index in [1.54, 1.807) is 78.2 Å². The Kier molecular flexibility index (Phi) is 18.0. The summed E-state index contributed by atoms with van der Waals surface area (Å²) in [5.41, 5.74) is 10.0. The third-order valence-corrected chi connectivity index (χ3v) is 18.2. The average Bonchev–Trinajstić information content (AvgIpc) is 1.63. The molecule has 1 spiro atoms. The molecule has 4 aromatic rings. The number of nitrogens with two attached hydrogens (primary N) is 1. The topological polar surface area (TPSA) is 274 Å². The number of primary amides is 1. The van der Waals surface area contributed by atoms with Gasteiger partial charge in [-0.2, -0.15) is 0 Å². The molecule has 9 amide bonds. The summed E-state index contributed by atoms with van der Waals surface area (Å²) in [5, 5.41) is 17.2. The Morgan fingerprint density at radius 1 is 0.852 bits per heavy atom. The van der Waals surface area contributed by atoms with Crippen molar-refractivity contribution in [3.8, 4) is 0 Å². The number of anilines is 2. The number of fused-ring (bicyclic) bond motifs is 2. The molecule has 19 nitrogen and oxygen atoms in total. The Morgan fingerprint density at radius 3 is 2.32 bits per heavy atom. The third-order valence-electron chi connectivity index (χ3n) is 16.6. The fraction of sp³-hybridized carbons (Fsp3) is 0.459. The van der Waals surface area contributed by atoms with Crippen molar-refractivity contribution < 1.29 is 43.2 Å². The summed E-state index contributed by atoms with van der Waals surface area (Å²) in [7, 11) is 0. The zero-order chi connectivity index (χ0) is 57.6. The lowest BCUT2D eigenvalue weighted by Gasteiger charge is -2.36. The highest BCUT2D eigenvalue weighted by molar-refractivity contribution is 8.02. The van der Waals surface area contributed by atoms with Crippen molar-refractivity contribution in [2.24, 2.45) is 17.6 Å². The first-order valence-electron chi connectivity index (χ1n) is 28.4. The van der Waals surface area contributed by atoms with E-state index in [2.05, 4.69) is 57.3 Å². The maximum absolute atomic E-state index is 14.0. The molecule has 5 aliphatic rings. The van der Waals surface area contributed by atoms with E-state index in [1.807, 2.05) is 24.3 Å². The van der Waals surface area contributed by atoms with Gasteiger partial charge in [-0.3, -0.25) is 43.3 Å². The van der Waals surface area contributed by atoms with E-state index < -0.39 is 41.1 Å². The highest BCUT2D eigenvalue weighted by Crippen LogP contribution is 2.66. The normalized spacial score (nSPS) is 20.4. The van der Waals surface area contributed by atoms with Crippen LogP contribution in [-0.2, 0) is 29.4 Å². The van der Waals surface area contributed by atoms with E-state index in [0.717, 1.165) is 30.5 Å². The molecule has 0 bridgehead atoms. The van der Waals surface area contributed by atoms with Gasteiger partial charge in [-0.1, -0.05) is 82.4 Å². The fourth-order valence-corrected chi connectivity index (χ4v) is 13.8. The quantitative estimate of drug-likeness (QED) is 0.0209. The van der Waals surface area contributed by atoms with E-state index in [0.29, 0.717) is 63.6 Å². The molecule has 3 heterocycles. The molecule has 3 aliphatic carbocycles. The molecule has 81 heavy (non-hydrogen) atoms. The number of likely N-dealkylation sites (tertiary alicyclic amines) is 2. The highest BCUT2D eigenvalue weighted by Gasteiger charge is 2.67. The number of rotatable bonds is 23. The summed E-state index contributed by atoms with van der Waals surface area (Å²) in [6.07, 6.45) is 12.0. The highest BCUT2D eigenvalue weighted by atomic mass is 32.2. The smallest absolute Gasteiger partial charge is 0.312 e. The van der Waals surface area contributed by atoms with Gasteiger partial charge in [-0.25, -0.2) is 4.79 Å². The van der Waals surface area contributed by atoms with Crippen LogP contribution in [0.15, 0.2) is 96.7 Å². The first-order chi connectivity index (χ1) is 38.8. The summed E-state index contributed by atoms with van der Waals surface area (Å²) >= 11 is 1.63. The van der Waals surface area contributed by atoms with Gasteiger partial charge < -0.3 is 47.5 Å². The van der Waals surface area contributed by atoms with Crippen LogP contribution in [0.1, 0.15) is 141 Å². The van der Waals surface area contributed by atoms with Crippen LogP contribution >= 0.6 is 11.8 Å². The molecule has 9 N–H and O–H groups in total. The molecule has 428 valence electrons. The third kappa shape index (κ3) is 13.3. The number of nitrogens with one attached hydrogen (secondary N) is 7. The number of imide groups is 1. The number of carbonyl (C=O) groups excluding carboxylic acids is 9. The van der Waals surface area contributed by atoms with Gasteiger partial charge in [0.1, 0.15) is 17.8 Å². The molecule has 2 saturated heterocycles. The Hall–Kier alpha value is -7.58. The number of benzene rings is 3. The molecular weight excluding hydrogens is 1050 g/mol. The monoisotopic (exact) mass is 1120 g/mol. The summed E-state index contributed by atoms with van der Waals surface area (Å²) < 4.78 is -0.123. The number of piperidine rings is 1. The standard InChI is InChI=1S/C61H74N10O9S/c1-36(2)53(64-28-27-63-51(73)19-13-29-70-52(74)33-49(58(70)79)81-60(3,4)39-14-8-6-5-7-9-15-39)56(77)69-46(18-12-26-65-59(62)80)55(76)66-41-22-20-37(21-23-41)54(75)67-42-24-25-45-38(30-42)31-47(68-45)57(78)71-35-40-34-61(40)44-17-11-10-16-43(44)48(72)32-50(61)71/h10-11,16-17,20-25,30-32,39-40,46,49,53,64,68H,1,5-9,12-15,18-19,26-29,33-35H2,2-4H3,(H,63,73)(H,66,76)(H,67,75)(H,69,77)(H3,62,65,80)/t40-,46+,49?,53+,61?/m1/s1. The van der Waals surface area contributed by atoms with Crippen LogP contribution < -0.4 is 37.6 Å². The summed E-state index contributed by atoms with van der Waals surface area (Å²) in [6, 6.07) is 18.1. The number of amides is 9. The van der Waals surface area contributed by atoms with E-state index in [-0.39, 0.29) is 97.4 Å². The molecular formula is C61H74N10O9S. The maximum Gasteiger partial charge on any atom is 0.312 e. The van der Waals surface area contributed by atoms with Crippen LogP contribution in [0.5, 0.6) is 0 Å². The zero-order valence-corrected chi connectivity index (χ0v) is 47.2. The molecule has 0 radical (unpaired) electrons. The van der Waals surface area contributed by atoms with Crippen molar-refractivity contribution in [2.45, 2.75) is 132 Å². The van der Waals surface area contributed by atoms with Gasteiger partial charge >= 0.3 is 6.03 Å². The van der Waals surface area contributed by atoms with Crippen molar-refractivity contribution in [1.29, 1.82) is 0 Å². The number of hydrogen-bond acceptors (Lipinski definition) is 11. The molecule has 1 aromatic heterocycles. The van der Waals surface area contributed by atoms with Crippen molar-refractivity contribution in [3.05, 3.63) is 119 Å². The largest absolute Gasteiger partial charge is 0.355 e. The van der Waals surface area contributed by atoms with Crippen LogP contribution in [0.3, 0.4) is 0 Å². The lowest BCUT2D eigenvalue weighted by atomic mass is 9.81. The SMILES string of the molecule is C=C(C)[C@H](NCCNC(=O)CCCN1C(=O)CC(SC(C)(C)C2CCCCCCC2)C1=O)C(=O)N[C@@H](CCCNC(N)=O)C(=O)Nc1ccc(C(=O)Nc2ccc3[nH]c(C(=O)N4C[C@H]5CC56C4=CC(=O)c4ccccc46)cc3c2)cc1. The van der Waals surface area contributed by atoms with Gasteiger partial charge in [-0.05, 0) is 111 Å². The van der Waals surface area contributed by atoms with Crippen LogP contribution in [0.25, 0.3) is 10.9 Å². The lowest BCUT2D eigenvalue weighted by molar-refractivity contribution is -0.138. The maximum atomic E-state index is 14.0. The Bertz CT molecular complexity index is 3160. The molecule has 3 aromatic carbocycles. The van der Waals surface area contributed by atoms with Crippen molar-refractivity contribution in [1.82, 2.24) is 36.1 Å². The van der Waals surface area contributed by atoms with E-state index in [1.165, 1.54) is 37.0 Å². The summed E-state index contributed by atoms with van der Waals surface area (Å²) in [6.45, 7) is 11.2. The van der Waals surface area contributed by atoms with Crippen LogP contribution in [0.2, 0.25) is 0 Å². The molecule has 4 fully saturated rings. The number of urea groups is 1. The van der Waals surface area contributed by atoms with Gasteiger partial charge in [0.05, 0.1) is 5.25 Å².